The van der Waals surface area contributed by atoms with Crippen molar-refractivity contribution in [2.75, 3.05) is 40.8 Å². The molecule has 0 bridgehead atoms. The topological polar surface area (TPSA) is 39.7 Å². The predicted molar refractivity (Wildman–Crippen MR) is 96.6 cm³/mol. The number of hydrogen-bond donors (Lipinski definition) is 2. The van der Waals surface area contributed by atoms with E-state index in [1.165, 1.54) is 19.3 Å². The number of nitrogens with one attached hydrogen (secondary N) is 2. The van der Waals surface area contributed by atoms with E-state index in [1.807, 2.05) is 7.05 Å². The molecule has 0 rings (SSSR count). The van der Waals surface area contributed by atoms with Crippen molar-refractivity contribution in [3.63, 3.8) is 0 Å². The molecule has 0 unspecified atom stereocenters. The Balaban J connectivity index is 0. The normalized spacial score (nSPS) is 12.3. The van der Waals surface area contributed by atoms with Gasteiger partial charge in [-0.25, -0.2) is 0 Å². The minimum atomic E-state index is 0. The second-order valence-electron chi connectivity index (χ2n) is 5.96. The predicted octanol–water partition coefficient (Wildman–Crippen LogP) is 2.55. The van der Waals surface area contributed by atoms with Crippen molar-refractivity contribution in [1.82, 2.24) is 15.5 Å². The van der Waals surface area contributed by atoms with Crippen LogP contribution in [0.1, 0.15) is 40.0 Å². The first-order valence-electron chi connectivity index (χ1n) is 7.00. The van der Waals surface area contributed by atoms with Gasteiger partial charge in [0, 0.05) is 26.7 Å². The SMILES string of the molecule is CCCCCNC(=NC)NCC(C)(C)CN(C)C.I. The lowest BCUT2D eigenvalue weighted by Gasteiger charge is -2.29. The van der Waals surface area contributed by atoms with Crippen LogP contribution in [0.3, 0.4) is 0 Å². The van der Waals surface area contributed by atoms with Crippen LogP contribution in [0.2, 0.25) is 0 Å². The number of aliphatic imine (C=N–C) groups is 1. The summed E-state index contributed by atoms with van der Waals surface area (Å²) >= 11 is 0. The molecule has 0 saturated heterocycles. The van der Waals surface area contributed by atoms with Gasteiger partial charge in [-0.15, -0.1) is 24.0 Å². The third-order valence-electron chi connectivity index (χ3n) is 2.78. The van der Waals surface area contributed by atoms with Gasteiger partial charge in [0.05, 0.1) is 0 Å². The molecule has 0 aromatic heterocycles. The van der Waals surface area contributed by atoms with E-state index in [0.29, 0.717) is 0 Å². The Morgan fingerprint density at radius 1 is 1.16 bits per heavy atom. The molecular formula is C14H33IN4. The molecule has 0 aromatic carbocycles. The van der Waals surface area contributed by atoms with Crippen LogP contribution in [-0.4, -0.2) is 51.6 Å². The van der Waals surface area contributed by atoms with E-state index in [0.717, 1.165) is 25.6 Å². The highest BCUT2D eigenvalue weighted by Crippen LogP contribution is 2.13. The molecular weight excluding hydrogens is 351 g/mol. The number of rotatable bonds is 8. The summed E-state index contributed by atoms with van der Waals surface area (Å²) in [6.45, 7) is 9.75. The average molecular weight is 384 g/mol. The van der Waals surface area contributed by atoms with Crippen molar-refractivity contribution in [3.05, 3.63) is 0 Å². The largest absolute Gasteiger partial charge is 0.356 e. The van der Waals surface area contributed by atoms with Crippen molar-refractivity contribution < 1.29 is 0 Å². The minimum absolute atomic E-state index is 0. The molecule has 0 saturated carbocycles. The first-order chi connectivity index (χ1) is 8.41. The van der Waals surface area contributed by atoms with E-state index in [4.69, 9.17) is 0 Å². The van der Waals surface area contributed by atoms with Gasteiger partial charge in [-0.3, -0.25) is 4.99 Å². The molecule has 116 valence electrons. The maximum Gasteiger partial charge on any atom is 0.190 e. The van der Waals surface area contributed by atoms with Crippen LogP contribution in [0.15, 0.2) is 4.99 Å². The van der Waals surface area contributed by atoms with Crippen LogP contribution in [0.5, 0.6) is 0 Å². The van der Waals surface area contributed by atoms with Gasteiger partial charge in [-0.2, -0.15) is 0 Å². The van der Waals surface area contributed by atoms with Gasteiger partial charge >= 0.3 is 0 Å². The zero-order valence-electron chi connectivity index (χ0n) is 13.5. The van der Waals surface area contributed by atoms with Crippen molar-refractivity contribution in [3.8, 4) is 0 Å². The van der Waals surface area contributed by atoms with Gasteiger partial charge in [-0.1, -0.05) is 33.6 Å². The molecule has 0 aliphatic rings. The van der Waals surface area contributed by atoms with Crippen LogP contribution in [0.25, 0.3) is 0 Å². The molecule has 0 atom stereocenters. The van der Waals surface area contributed by atoms with E-state index >= 15 is 0 Å². The second-order valence-corrected chi connectivity index (χ2v) is 5.96. The molecule has 19 heavy (non-hydrogen) atoms. The number of nitrogens with zero attached hydrogens (tertiary/aromatic N) is 2. The Bertz CT molecular complexity index is 240. The summed E-state index contributed by atoms with van der Waals surface area (Å²) in [7, 11) is 6.05. The van der Waals surface area contributed by atoms with Gasteiger partial charge in [0.15, 0.2) is 5.96 Å². The van der Waals surface area contributed by atoms with E-state index in [2.05, 4.69) is 55.4 Å². The summed E-state index contributed by atoms with van der Waals surface area (Å²) in [6, 6.07) is 0. The third-order valence-corrected chi connectivity index (χ3v) is 2.78. The fraction of sp³-hybridized carbons (Fsp3) is 0.929. The van der Waals surface area contributed by atoms with Crippen molar-refractivity contribution in [2.45, 2.75) is 40.0 Å². The third kappa shape index (κ3) is 12.7. The first-order valence-corrected chi connectivity index (χ1v) is 7.00. The summed E-state index contributed by atoms with van der Waals surface area (Å²) in [5, 5.41) is 6.76. The molecule has 0 aliphatic carbocycles. The van der Waals surface area contributed by atoms with Crippen LogP contribution < -0.4 is 10.6 Å². The second kappa shape index (κ2) is 11.8. The highest BCUT2D eigenvalue weighted by Gasteiger charge is 2.18. The molecule has 5 heteroatoms. The zero-order valence-corrected chi connectivity index (χ0v) is 15.9. The number of unbranched alkanes of at least 4 members (excludes halogenated alkanes) is 2. The Hall–Kier alpha value is -0.0400. The van der Waals surface area contributed by atoms with Crippen molar-refractivity contribution in [1.29, 1.82) is 0 Å². The molecule has 0 spiro atoms. The smallest absolute Gasteiger partial charge is 0.190 e. The standard InChI is InChI=1S/C14H32N4.HI/c1-7-8-9-10-16-13(15-4)17-11-14(2,3)12-18(5)6;/h7-12H2,1-6H3,(H2,15,16,17);1H. The Morgan fingerprint density at radius 3 is 2.26 bits per heavy atom. The maximum absolute atomic E-state index is 4.25. The van der Waals surface area contributed by atoms with Gasteiger partial charge in [0.25, 0.3) is 0 Å². The highest BCUT2D eigenvalue weighted by molar-refractivity contribution is 14.0. The molecule has 0 amide bonds. The van der Waals surface area contributed by atoms with E-state index in [-0.39, 0.29) is 29.4 Å². The van der Waals surface area contributed by atoms with Gasteiger partial charge in [0.2, 0.25) is 0 Å². The van der Waals surface area contributed by atoms with Gasteiger partial charge < -0.3 is 15.5 Å². The summed E-state index contributed by atoms with van der Waals surface area (Å²) in [5.41, 5.74) is 0.241. The summed E-state index contributed by atoms with van der Waals surface area (Å²) in [5.74, 6) is 0.915. The lowest BCUT2D eigenvalue weighted by Crippen LogP contribution is -2.45. The van der Waals surface area contributed by atoms with Gasteiger partial charge in [-0.05, 0) is 25.9 Å². The molecule has 0 aromatic rings. The Labute approximate surface area is 136 Å². The van der Waals surface area contributed by atoms with Crippen molar-refractivity contribution >= 4 is 29.9 Å². The quantitative estimate of drug-likeness (QED) is 0.293. The summed E-state index contributed by atoms with van der Waals surface area (Å²) < 4.78 is 0. The minimum Gasteiger partial charge on any atom is -0.356 e. The summed E-state index contributed by atoms with van der Waals surface area (Å²) in [6.07, 6.45) is 3.73. The molecule has 0 heterocycles. The summed E-state index contributed by atoms with van der Waals surface area (Å²) in [4.78, 5) is 6.47. The number of hydrogen-bond acceptors (Lipinski definition) is 2. The average Bonchev–Trinajstić information content (AvgIpc) is 2.26. The van der Waals surface area contributed by atoms with Crippen LogP contribution in [0.4, 0.5) is 0 Å². The molecule has 0 fully saturated rings. The molecule has 4 nitrogen and oxygen atoms in total. The highest BCUT2D eigenvalue weighted by atomic mass is 127. The monoisotopic (exact) mass is 384 g/mol. The zero-order chi connectivity index (χ0) is 14.0. The Morgan fingerprint density at radius 2 is 1.79 bits per heavy atom. The van der Waals surface area contributed by atoms with Crippen LogP contribution in [-0.2, 0) is 0 Å². The fourth-order valence-corrected chi connectivity index (χ4v) is 2.04. The molecule has 0 aliphatic heterocycles. The van der Waals surface area contributed by atoms with Gasteiger partial charge in [0.1, 0.15) is 0 Å². The van der Waals surface area contributed by atoms with Crippen molar-refractivity contribution in [2.24, 2.45) is 10.4 Å². The van der Waals surface area contributed by atoms with E-state index < -0.39 is 0 Å². The van der Waals surface area contributed by atoms with E-state index in [1.54, 1.807) is 0 Å². The van der Waals surface area contributed by atoms with Crippen LogP contribution in [0, 0.1) is 5.41 Å². The van der Waals surface area contributed by atoms with Crippen LogP contribution >= 0.6 is 24.0 Å². The molecule has 0 radical (unpaired) electrons. The number of halogens is 1. The maximum atomic E-state index is 4.25. The number of guanidine groups is 1. The lowest BCUT2D eigenvalue weighted by molar-refractivity contribution is 0.241. The van der Waals surface area contributed by atoms with E-state index in [9.17, 15) is 0 Å². The molecule has 2 N–H and O–H groups in total. The first kappa shape index (κ1) is 21.3. The fourth-order valence-electron chi connectivity index (χ4n) is 2.04. The Kier molecular flexibility index (Phi) is 13.2. The lowest BCUT2D eigenvalue weighted by atomic mass is 9.93.